The molecule has 148 valence electrons. The zero-order valence-electron chi connectivity index (χ0n) is 16.3. The van der Waals surface area contributed by atoms with Crippen LogP contribution in [0.3, 0.4) is 0 Å². The minimum absolute atomic E-state index is 0.144. The van der Waals surface area contributed by atoms with Gasteiger partial charge in [0.2, 0.25) is 0 Å². The van der Waals surface area contributed by atoms with E-state index in [1.54, 1.807) is 13.8 Å². The number of esters is 1. The SMILES string of the molecule is CCCc1ccc(C2(C)NC(=O)N(Cc3occc3C(=O)OCC)C2=O)cc1. The first kappa shape index (κ1) is 19.7. The molecule has 7 nitrogen and oxygen atoms in total. The number of hydrogen-bond acceptors (Lipinski definition) is 5. The molecule has 0 aliphatic carbocycles. The largest absolute Gasteiger partial charge is 0.467 e. The summed E-state index contributed by atoms with van der Waals surface area (Å²) in [4.78, 5) is 38.6. The van der Waals surface area contributed by atoms with E-state index in [-0.39, 0.29) is 24.5 Å². The number of amides is 3. The van der Waals surface area contributed by atoms with E-state index in [0.717, 1.165) is 17.7 Å². The molecule has 1 aliphatic heterocycles. The van der Waals surface area contributed by atoms with Crippen LogP contribution < -0.4 is 5.32 Å². The molecule has 1 unspecified atom stereocenters. The van der Waals surface area contributed by atoms with Gasteiger partial charge < -0.3 is 14.5 Å². The smallest absolute Gasteiger partial charge is 0.341 e. The second-order valence-electron chi connectivity index (χ2n) is 6.87. The molecule has 2 heterocycles. The van der Waals surface area contributed by atoms with E-state index < -0.39 is 23.4 Å². The number of benzene rings is 1. The number of furan rings is 1. The van der Waals surface area contributed by atoms with E-state index in [9.17, 15) is 14.4 Å². The number of hydrogen-bond donors (Lipinski definition) is 1. The highest BCUT2D eigenvalue weighted by Gasteiger charge is 2.49. The molecule has 0 spiro atoms. The lowest BCUT2D eigenvalue weighted by atomic mass is 9.91. The van der Waals surface area contributed by atoms with Crippen LogP contribution in [0, 0.1) is 0 Å². The van der Waals surface area contributed by atoms with Crippen molar-refractivity contribution in [1.82, 2.24) is 10.2 Å². The molecule has 1 saturated heterocycles. The molecule has 1 aromatic heterocycles. The summed E-state index contributed by atoms with van der Waals surface area (Å²) < 4.78 is 10.3. The van der Waals surface area contributed by atoms with Crippen LogP contribution in [-0.2, 0) is 28.0 Å². The lowest BCUT2D eigenvalue weighted by Gasteiger charge is -2.22. The number of ether oxygens (including phenoxy) is 1. The van der Waals surface area contributed by atoms with Crippen molar-refractivity contribution in [2.75, 3.05) is 6.61 Å². The molecule has 7 heteroatoms. The maximum Gasteiger partial charge on any atom is 0.341 e. The molecule has 1 N–H and O–H groups in total. The average Bonchev–Trinajstić information content (AvgIpc) is 3.22. The van der Waals surface area contributed by atoms with Crippen LogP contribution in [0.4, 0.5) is 4.79 Å². The van der Waals surface area contributed by atoms with Crippen molar-refractivity contribution < 1.29 is 23.5 Å². The number of imide groups is 1. The number of rotatable bonds is 7. The number of urea groups is 1. The van der Waals surface area contributed by atoms with Crippen molar-refractivity contribution in [2.24, 2.45) is 0 Å². The number of carbonyl (C=O) groups excluding carboxylic acids is 3. The molecule has 1 fully saturated rings. The zero-order chi connectivity index (χ0) is 20.3. The Balaban J connectivity index is 1.82. The topological polar surface area (TPSA) is 88.8 Å². The normalized spacial score (nSPS) is 19.0. The number of nitrogens with zero attached hydrogens (tertiary/aromatic N) is 1. The van der Waals surface area contributed by atoms with Crippen LogP contribution in [0.15, 0.2) is 41.0 Å². The van der Waals surface area contributed by atoms with Gasteiger partial charge in [0.15, 0.2) is 0 Å². The predicted molar refractivity (Wildman–Crippen MR) is 102 cm³/mol. The minimum Gasteiger partial charge on any atom is -0.467 e. The highest BCUT2D eigenvalue weighted by molar-refractivity contribution is 6.07. The molecule has 28 heavy (non-hydrogen) atoms. The van der Waals surface area contributed by atoms with Crippen LogP contribution in [0.5, 0.6) is 0 Å². The summed E-state index contributed by atoms with van der Waals surface area (Å²) in [5.41, 5.74) is 0.926. The van der Waals surface area contributed by atoms with Gasteiger partial charge in [0, 0.05) is 0 Å². The van der Waals surface area contributed by atoms with E-state index in [1.807, 2.05) is 24.3 Å². The number of aryl methyl sites for hydroxylation is 1. The lowest BCUT2D eigenvalue weighted by molar-refractivity contribution is -0.131. The van der Waals surface area contributed by atoms with Crippen molar-refractivity contribution in [3.8, 4) is 0 Å². The van der Waals surface area contributed by atoms with Gasteiger partial charge in [0.25, 0.3) is 5.91 Å². The molecule has 1 atom stereocenters. The molecule has 1 aromatic carbocycles. The lowest BCUT2D eigenvalue weighted by Crippen LogP contribution is -2.40. The first-order chi connectivity index (χ1) is 13.4. The third-order valence-electron chi connectivity index (χ3n) is 4.89. The van der Waals surface area contributed by atoms with Crippen molar-refractivity contribution in [3.05, 3.63) is 59.0 Å². The summed E-state index contributed by atoms with van der Waals surface area (Å²) >= 11 is 0. The van der Waals surface area contributed by atoms with Crippen LogP contribution in [0.1, 0.15) is 54.4 Å². The Morgan fingerprint density at radius 1 is 1.18 bits per heavy atom. The van der Waals surface area contributed by atoms with E-state index in [1.165, 1.54) is 17.9 Å². The van der Waals surface area contributed by atoms with Crippen molar-refractivity contribution >= 4 is 17.9 Å². The van der Waals surface area contributed by atoms with Crippen LogP contribution >= 0.6 is 0 Å². The summed E-state index contributed by atoms with van der Waals surface area (Å²) in [6.07, 6.45) is 3.33. The third-order valence-corrected chi connectivity index (χ3v) is 4.89. The maximum absolute atomic E-state index is 13.1. The van der Waals surface area contributed by atoms with Gasteiger partial charge in [-0.3, -0.25) is 9.69 Å². The summed E-state index contributed by atoms with van der Waals surface area (Å²) in [5.74, 6) is -0.732. The molecule has 3 rings (SSSR count). The highest BCUT2D eigenvalue weighted by Crippen LogP contribution is 2.30. The summed E-state index contributed by atoms with van der Waals surface area (Å²) in [5, 5.41) is 2.76. The first-order valence-corrected chi connectivity index (χ1v) is 9.37. The fraction of sp³-hybridized carbons (Fsp3) is 0.381. The van der Waals surface area contributed by atoms with E-state index in [2.05, 4.69) is 12.2 Å². The average molecular weight is 384 g/mol. The van der Waals surface area contributed by atoms with Gasteiger partial charge >= 0.3 is 12.0 Å². The Bertz CT molecular complexity index is 886. The third kappa shape index (κ3) is 3.52. The Hall–Kier alpha value is -3.09. The summed E-state index contributed by atoms with van der Waals surface area (Å²) in [7, 11) is 0. The van der Waals surface area contributed by atoms with Crippen LogP contribution in [0.2, 0.25) is 0 Å². The van der Waals surface area contributed by atoms with Crippen LogP contribution in [-0.4, -0.2) is 29.4 Å². The predicted octanol–water partition coefficient (Wildman–Crippen LogP) is 3.38. The second-order valence-corrected chi connectivity index (χ2v) is 6.87. The summed E-state index contributed by atoms with van der Waals surface area (Å²) in [6.45, 7) is 5.56. The van der Waals surface area contributed by atoms with E-state index in [4.69, 9.17) is 9.15 Å². The first-order valence-electron chi connectivity index (χ1n) is 9.37. The summed E-state index contributed by atoms with van der Waals surface area (Å²) in [6, 6.07) is 8.61. The number of carbonyl (C=O) groups is 3. The van der Waals surface area contributed by atoms with Crippen LogP contribution in [0.25, 0.3) is 0 Å². The Morgan fingerprint density at radius 3 is 2.54 bits per heavy atom. The standard InChI is InChI=1S/C21H24N2O5/c1-4-6-14-7-9-15(10-8-14)21(3)19(25)23(20(26)22-21)13-17-16(11-12-28-17)18(24)27-5-2/h7-12H,4-6,13H2,1-3H3,(H,22,26). The second kappa shape index (κ2) is 7.88. The number of nitrogens with one attached hydrogen (secondary N) is 1. The monoisotopic (exact) mass is 384 g/mol. The molecule has 2 aromatic rings. The fourth-order valence-electron chi connectivity index (χ4n) is 3.33. The van der Waals surface area contributed by atoms with E-state index >= 15 is 0 Å². The quantitative estimate of drug-likeness (QED) is 0.584. The van der Waals surface area contributed by atoms with Gasteiger partial charge in [-0.15, -0.1) is 0 Å². The fourth-order valence-corrected chi connectivity index (χ4v) is 3.33. The Kier molecular flexibility index (Phi) is 5.53. The molecule has 3 amide bonds. The highest BCUT2D eigenvalue weighted by atomic mass is 16.5. The van der Waals surface area contributed by atoms with Gasteiger partial charge in [-0.05, 0) is 37.5 Å². The Morgan fingerprint density at radius 2 is 1.89 bits per heavy atom. The molecule has 0 radical (unpaired) electrons. The zero-order valence-corrected chi connectivity index (χ0v) is 16.3. The van der Waals surface area contributed by atoms with Crippen molar-refractivity contribution in [2.45, 2.75) is 45.7 Å². The van der Waals surface area contributed by atoms with Crippen molar-refractivity contribution in [3.63, 3.8) is 0 Å². The molecule has 1 aliphatic rings. The maximum atomic E-state index is 13.1. The van der Waals surface area contributed by atoms with Gasteiger partial charge in [-0.25, -0.2) is 9.59 Å². The van der Waals surface area contributed by atoms with Gasteiger partial charge in [0.1, 0.15) is 16.9 Å². The molecular weight excluding hydrogens is 360 g/mol. The Labute approximate surface area is 163 Å². The van der Waals surface area contributed by atoms with E-state index in [0.29, 0.717) is 5.56 Å². The van der Waals surface area contributed by atoms with Gasteiger partial charge in [0.05, 0.1) is 19.4 Å². The molecule has 0 saturated carbocycles. The molecule has 0 bridgehead atoms. The van der Waals surface area contributed by atoms with Gasteiger partial charge in [-0.2, -0.15) is 0 Å². The minimum atomic E-state index is -1.17. The van der Waals surface area contributed by atoms with Gasteiger partial charge in [-0.1, -0.05) is 37.6 Å². The molecular formula is C21H24N2O5. The van der Waals surface area contributed by atoms with Crippen molar-refractivity contribution in [1.29, 1.82) is 0 Å².